The molecule has 9 rings (SSSR count). The molecule has 0 saturated heterocycles. The Kier molecular flexibility index (Phi) is 5.67. The van der Waals surface area contributed by atoms with Gasteiger partial charge >= 0.3 is 0 Å². The van der Waals surface area contributed by atoms with Crippen LogP contribution in [0.1, 0.15) is 51.7 Å². The van der Waals surface area contributed by atoms with E-state index in [2.05, 4.69) is 119 Å². The van der Waals surface area contributed by atoms with Crippen molar-refractivity contribution in [1.82, 2.24) is 10.4 Å². The largest absolute Gasteiger partial charge is 0.358 e. The van der Waals surface area contributed by atoms with Crippen molar-refractivity contribution in [3.05, 3.63) is 128 Å². The van der Waals surface area contributed by atoms with Crippen LogP contribution >= 0.6 is 11.3 Å². The molecule has 0 fully saturated rings. The number of allylic oxidation sites excluding steroid dienone is 1. The predicted octanol–water partition coefficient (Wildman–Crippen LogP) is 7.16. The van der Waals surface area contributed by atoms with E-state index in [1.807, 2.05) is 11.3 Å². The van der Waals surface area contributed by atoms with Crippen molar-refractivity contribution < 1.29 is 0 Å². The topological polar surface area (TPSA) is 31.1 Å². The second-order valence-corrected chi connectivity index (χ2v) is 13.1. The zero-order chi connectivity index (χ0) is 27.6. The Morgan fingerprint density at radius 2 is 1.67 bits per heavy atom. The maximum absolute atomic E-state index is 3.89. The van der Waals surface area contributed by atoms with Gasteiger partial charge in [0.15, 0.2) is 0 Å². The van der Waals surface area contributed by atoms with Gasteiger partial charge in [-0.25, -0.2) is 5.43 Å². The maximum atomic E-state index is 3.89. The molecule has 2 unspecified atom stereocenters. The quantitative estimate of drug-likeness (QED) is 0.243. The van der Waals surface area contributed by atoms with Crippen molar-refractivity contribution in [1.29, 1.82) is 0 Å². The first-order valence-corrected chi connectivity index (χ1v) is 16.1. The van der Waals surface area contributed by atoms with E-state index in [0.29, 0.717) is 5.92 Å². The van der Waals surface area contributed by atoms with Crippen molar-refractivity contribution in [3.63, 3.8) is 0 Å². The Morgan fingerprint density at radius 1 is 0.833 bits per heavy atom. The normalized spacial score (nSPS) is 19.7. The molecule has 3 aromatic carbocycles. The fraction of sp³-hybridized carbons (Fsp3) is 0.211. The number of H-pyrrole nitrogens is 1. The first-order chi connectivity index (χ1) is 20.8. The molecule has 0 saturated carbocycles. The number of aromatic nitrogens is 1. The molecule has 0 amide bonds. The minimum atomic E-state index is 0.155. The van der Waals surface area contributed by atoms with E-state index in [-0.39, 0.29) is 6.04 Å². The number of para-hydroxylation sites is 1. The van der Waals surface area contributed by atoms with E-state index in [1.165, 1.54) is 78.8 Å². The number of rotatable bonds is 4. The van der Waals surface area contributed by atoms with Crippen molar-refractivity contribution in [2.45, 2.75) is 38.1 Å². The summed E-state index contributed by atoms with van der Waals surface area (Å²) in [6.45, 7) is 0.946. The summed E-state index contributed by atoms with van der Waals surface area (Å²) in [5.41, 5.74) is 16.5. The highest BCUT2D eigenvalue weighted by molar-refractivity contribution is 7.16. The summed E-state index contributed by atoms with van der Waals surface area (Å²) in [5, 5.41) is 5.17. The molecule has 5 aromatic rings. The third-order valence-corrected chi connectivity index (χ3v) is 10.9. The Labute approximate surface area is 250 Å². The average molecular weight is 564 g/mol. The Balaban J connectivity index is 1.02. The molecule has 0 bridgehead atoms. The van der Waals surface area contributed by atoms with Gasteiger partial charge in [-0.1, -0.05) is 91.0 Å². The van der Waals surface area contributed by atoms with Gasteiger partial charge in [0.2, 0.25) is 0 Å². The minimum absolute atomic E-state index is 0.155. The van der Waals surface area contributed by atoms with Crippen molar-refractivity contribution in [2.24, 2.45) is 5.92 Å². The fourth-order valence-electron chi connectivity index (χ4n) is 7.54. The number of nitrogens with zero attached hydrogens (tertiary/aromatic N) is 1. The van der Waals surface area contributed by atoms with Crippen LogP contribution in [-0.2, 0) is 19.3 Å². The van der Waals surface area contributed by atoms with Gasteiger partial charge in [0, 0.05) is 49.6 Å². The third-order valence-electron chi connectivity index (χ3n) is 9.60. The fourth-order valence-corrected chi connectivity index (χ4v) is 8.96. The zero-order valence-electron chi connectivity index (χ0n) is 23.6. The summed E-state index contributed by atoms with van der Waals surface area (Å²) in [5.74, 6) is 0.442. The molecule has 0 spiro atoms. The molecule has 2 aromatic heterocycles. The van der Waals surface area contributed by atoms with E-state index >= 15 is 0 Å². The van der Waals surface area contributed by atoms with Crippen LogP contribution in [-0.4, -0.2) is 11.5 Å². The number of nitrogens with one attached hydrogen (secondary N) is 2. The molecule has 3 heterocycles. The van der Waals surface area contributed by atoms with Gasteiger partial charge in [0.1, 0.15) is 0 Å². The van der Waals surface area contributed by atoms with Crippen LogP contribution in [0.5, 0.6) is 0 Å². The second kappa shape index (κ2) is 9.72. The molecule has 2 atom stereocenters. The smallest absolute Gasteiger partial charge is 0.0782 e. The number of hydrazine groups is 1. The predicted molar refractivity (Wildman–Crippen MR) is 176 cm³/mol. The summed E-state index contributed by atoms with van der Waals surface area (Å²) in [6, 6.07) is 28.7. The lowest BCUT2D eigenvalue weighted by molar-refractivity contribution is 0.559. The lowest BCUT2D eigenvalue weighted by Crippen LogP contribution is -2.40. The summed E-state index contributed by atoms with van der Waals surface area (Å²) in [4.78, 5) is 6.84. The second-order valence-electron chi connectivity index (χ2n) is 12.1. The highest BCUT2D eigenvalue weighted by Gasteiger charge is 2.31. The summed E-state index contributed by atoms with van der Waals surface area (Å²) >= 11 is 2.02. The highest BCUT2D eigenvalue weighted by atomic mass is 32.1. The van der Waals surface area contributed by atoms with Gasteiger partial charge in [-0.05, 0) is 72.1 Å². The average Bonchev–Trinajstić information content (AvgIpc) is 3.73. The van der Waals surface area contributed by atoms with Gasteiger partial charge in [-0.3, -0.25) is 0 Å². The zero-order valence-corrected chi connectivity index (χ0v) is 24.4. The third kappa shape index (κ3) is 3.89. The lowest BCUT2D eigenvalue weighted by Gasteiger charge is -2.25. The van der Waals surface area contributed by atoms with Crippen LogP contribution in [0, 0.1) is 5.92 Å². The summed E-state index contributed by atoms with van der Waals surface area (Å²) in [7, 11) is 0. The van der Waals surface area contributed by atoms with Crippen molar-refractivity contribution in [2.75, 3.05) is 11.6 Å². The Morgan fingerprint density at radius 3 is 2.57 bits per heavy atom. The van der Waals surface area contributed by atoms with E-state index in [9.17, 15) is 0 Å². The van der Waals surface area contributed by atoms with Gasteiger partial charge in [-0.15, -0.1) is 11.3 Å². The molecule has 42 heavy (non-hydrogen) atoms. The van der Waals surface area contributed by atoms with Gasteiger partial charge in [0.05, 0.1) is 11.7 Å². The van der Waals surface area contributed by atoms with Crippen molar-refractivity contribution >= 4 is 35.3 Å². The van der Waals surface area contributed by atoms with Crippen LogP contribution in [0.2, 0.25) is 0 Å². The van der Waals surface area contributed by atoms with Gasteiger partial charge in [-0.2, -0.15) is 0 Å². The molecular weight excluding hydrogens is 531 g/mol. The number of hydrogen-bond acceptors (Lipinski definition) is 3. The number of hydrogen-bond donors (Lipinski definition) is 2. The van der Waals surface area contributed by atoms with E-state index in [4.69, 9.17) is 0 Å². The number of benzene rings is 3. The Hall–Kier alpha value is -4.12. The Bertz CT molecular complexity index is 1980. The van der Waals surface area contributed by atoms with Crippen LogP contribution in [0.3, 0.4) is 0 Å². The van der Waals surface area contributed by atoms with Crippen LogP contribution < -0.4 is 21.0 Å². The molecular formula is C38H33N3S. The molecule has 0 radical (unpaired) electrons. The number of fused-ring (bicyclic) bond motifs is 8. The van der Waals surface area contributed by atoms with Crippen LogP contribution in [0.15, 0.2) is 84.9 Å². The van der Waals surface area contributed by atoms with Gasteiger partial charge < -0.3 is 9.99 Å². The first kappa shape index (κ1) is 24.5. The van der Waals surface area contributed by atoms with E-state index in [0.717, 1.165) is 19.4 Å². The molecule has 3 aliphatic carbocycles. The molecule has 3 nitrogen and oxygen atoms in total. The number of aromatic amines is 1. The summed E-state index contributed by atoms with van der Waals surface area (Å²) < 4.78 is 0. The molecule has 4 heteroatoms. The monoisotopic (exact) mass is 563 g/mol. The SMILES string of the molecule is C1=Cc2sc3c(c2CC1)CCc1[nH]c2c(c1-3)=CC(CN1NC(c3ccc(-c4ccccc4)cc3)c3ccccc31)CC=2. The van der Waals surface area contributed by atoms with Gasteiger partial charge in [0.25, 0.3) is 0 Å². The minimum Gasteiger partial charge on any atom is -0.358 e. The number of aryl methyl sites for hydroxylation is 1. The summed E-state index contributed by atoms with van der Waals surface area (Å²) in [6.07, 6.45) is 15.5. The molecule has 2 N–H and O–H groups in total. The van der Waals surface area contributed by atoms with Crippen LogP contribution in [0.25, 0.3) is 39.8 Å². The molecule has 206 valence electrons. The highest BCUT2D eigenvalue weighted by Crippen LogP contribution is 2.43. The number of thiophene rings is 1. The maximum Gasteiger partial charge on any atom is 0.0782 e. The van der Waals surface area contributed by atoms with Crippen LogP contribution in [0.4, 0.5) is 5.69 Å². The molecule has 4 aliphatic rings. The number of anilines is 1. The standard InChI is InChI=1S/C38H33N3S/c1-2-8-25(9-3-1)26-15-17-27(18-16-26)37-30-11-4-6-12-34(30)41(40-37)23-24-14-20-32-31(22-24)36-33(39-32)21-19-29-28-10-5-7-13-35(28)42-38(29)36/h1-4,6-9,11-13,15-18,20,22,24,37,39-40H,5,10,14,19,21,23H2. The van der Waals surface area contributed by atoms with Crippen molar-refractivity contribution in [3.8, 4) is 21.6 Å². The molecule has 1 aliphatic heterocycles. The van der Waals surface area contributed by atoms with E-state index in [1.54, 1.807) is 11.1 Å². The first-order valence-electron chi connectivity index (χ1n) is 15.3. The lowest BCUT2D eigenvalue weighted by atomic mass is 9.88. The van der Waals surface area contributed by atoms with E-state index < -0.39 is 0 Å².